The van der Waals surface area contributed by atoms with E-state index in [4.69, 9.17) is 17.6 Å². The molecule has 25 heavy (non-hydrogen) atoms. The molecule has 1 rings (SSSR count). The average molecular weight is 419 g/mol. The molecule has 1 unspecified atom stereocenters. The predicted molar refractivity (Wildman–Crippen MR) is 116 cm³/mol. The first-order chi connectivity index (χ1) is 11.2. The van der Waals surface area contributed by atoms with Crippen molar-refractivity contribution in [1.82, 2.24) is 0 Å². The zero-order chi connectivity index (χ0) is 19.5. The molecule has 0 N–H and O–H groups in total. The van der Waals surface area contributed by atoms with Gasteiger partial charge in [-0.2, -0.15) is 0 Å². The molecule has 0 amide bonds. The number of hydrogen-bond acceptors (Lipinski definition) is 4. The molecule has 0 bridgehead atoms. The van der Waals surface area contributed by atoms with Gasteiger partial charge in [0.2, 0.25) is 0 Å². The van der Waals surface area contributed by atoms with E-state index in [1.165, 1.54) is 0 Å². The van der Waals surface area contributed by atoms with Crippen molar-refractivity contribution in [3.05, 3.63) is 29.8 Å². The molecule has 8 heteroatoms. The zero-order valence-corrected chi connectivity index (χ0v) is 21.4. The second-order valence-electron chi connectivity index (χ2n) is 9.05. The Balaban J connectivity index is 3.26. The fourth-order valence-electron chi connectivity index (χ4n) is 1.99. The van der Waals surface area contributed by atoms with E-state index in [0.717, 1.165) is 11.3 Å². The van der Waals surface area contributed by atoms with Gasteiger partial charge in [0.1, 0.15) is 11.6 Å². The lowest BCUT2D eigenvalue weighted by Crippen LogP contribution is -2.33. The van der Waals surface area contributed by atoms with E-state index in [2.05, 4.69) is 71.1 Å². The van der Waals surface area contributed by atoms with Crippen LogP contribution >= 0.6 is 8.38 Å². The van der Waals surface area contributed by atoms with Crippen LogP contribution in [0.25, 0.3) is 0 Å². The SMILES string of the molecule is COc1ccc(C(O[Si](C)(C)C)P(O[Si](C)(C)C)O[Si](C)(C)C)cc1. The number of rotatable bonds is 9. The molecule has 0 aliphatic heterocycles. The van der Waals surface area contributed by atoms with E-state index in [9.17, 15) is 0 Å². The second-order valence-corrected chi connectivity index (χ2v) is 24.5. The third-order valence-corrected chi connectivity index (χ3v) is 10.5. The highest BCUT2D eigenvalue weighted by Crippen LogP contribution is 2.58. The Labute approximate surface area is 158 Å². The standard InChI is InChI=1S/C17H35O4PSi3/c1-18-16-13-11-15(12-14-16)17(19-23(2,3)4)22(20-24(5,6)7)21-25(8,9)10/h11-14,17H,1-10H3. The molecule has 0 saturated carbocycles. The molecule has 0 saturated heterocycles. The van der Waals surface area contributed by atoms with Crippen molar-refractivity contribution in [1.29, 1.82) is 0 Å². The van der Waals surface area contributed by atoms with Gasteiger partial charge < -0.3 is 17.6 Å². The maximum Gasteiger partial charge on any atom is 0.191 e. The molecular formula is C17H35O4PSi3. The first-order valence-electron chi connectivity index (χ1n) is 8.69. The van der Waals surface area contributed by atoms with Crippen LogP contribution in [0.15, 0.2) is 24.3 Å². The Hall–Kier alpha value is -0.0194. The van der Waals surface area contributed by atoms with Gasteiger partial charge in [0.25, 0.3) is 0 Å². The molecule has 0 aliphatic rings. The van der Waals surface area contributed by atoms with Crippen LogP contribution in [0.5, 0.6) is 5.75 Å². The van der Waals surface area contributed by atoms with E-state index in [1.54, 1.807) is 7.11 Å². The van der Waals surface area contributed by atoms with Gasteiger partial charge in [-0.3, -0.25) is 0 Å². The minimum absolute atomic E-state index is 0.161. The lowest BCUT2D eigenvalue weighted by atomic mass is 10.2. The third kappa shape index (κ3) is 9.47. The van der Waals surface area contributed by atoms with Crippen molar-refractivity contribution in [3.63, 3.8) is 0 Å². The lowest BCUT2D eigenvalue weighted by molar-refractivity contribution is 0.253. The van der Waals surface area contributed by atoms with Crippen LogP contribution in [0.4, 0.5) is 0 Å². The normalized spacial score (nSPS) is 14.7. The van der Waals surface area contributed by atoms with E-state index in [-0.39, 0.29) is 5.85 Å². The molecule has 0 spiro atoms. The van der Waals surface area contributed by atoms with Gasteiger partial charge in [0.05, 0.1) is 7.11 Å². The minimum atomic E-state index is -1.78. The second kappa shape index (κ2) is 8.78. The molecule has 0 aliphatic carbocycles. The van der Waals surface area contributed by atoms with Crippen molar-refractivity contribution in [2.24, 2.45) is 0 Å². The highest BCUT2D eigenvalue weighted by atomic mass is 31.2. The summed E-state index contributed by atoms with van der Waals surface area (Å²) in [5, 5.41) is 0. The molecule has 0 aromatic heterocycles. The fourth-order valence-corrected chi connectivity index (χ4v) is 10.1. The van der Waals surface area contributed by atoms with Gasteiger partial charge in [-0.15, -0.1) is 0 Å². The van der Waals surface area contributed by atoms with Crippen LogP contribution < -0.4 is 4.74 Å². The number of methoxy groups -OCH3 is 1. The zero-order valence-electron chi connectivity index (χ0n) is 17.5. The van der Waals surface area contributed by atoms with Gasteiger partial charge in [-0.25, -0.2) is 0 Å². The van der Waals surface area contributed by atoms with Crippen LogP contribution in [0.2, 0.25) is 58.9 Å². The number of hydrogen-bond donors (Lipinski definition) is 0. The molecule has 0 radical (unpaired) electrons. The van der Waals surface area contributed by atoms with Gasteiger partial charge in [0, 0.05) is 0 Å². The van der Waals surface area contributed by atoms with Gasteiger partial charge in [-0.1, -0.05) is 12.1 Å². The van der Waals surface area contributed by atoms with Gasteiger partial charge >= 0.3 is 0 Å². The molecule has 1 atom stereocenters. The van der Waals surface area contributed by atoms with Crippen LogP contribution in [0.1, 0.15) is 11.4 Å². The Kier molecular flexibility index (Phi) is 8.08. The summed E-state index contributed by atoms with van der Waals surface area (Å²) in [5.74, 6) is 0.683. The van der Waals surface area contributed by atoms with Crippen LogP contribution in [-0.2, 0) is 12.9 Å². The summed E-state index contributed by atoms with van der Waals surface area (Å²) in [5.41, 5.74) is 1.10. The fraction of sp³-hybridized carbons (Fsp3) is 0.647. The molecular weight excluding hydrogens is 383 g/mol. The maximum atomic E-state index is 6.57. The molecule has 4 nitrogen and oxygen atoms in total. The summed E-state index contributed by atoms with van der Waals surface area (Å²) >= 11 is 0. The third-order valence-electron chi connectivity index (χ3n) is 2.79. The van der Waals surface area contributed by atoms with Crippen LogP contribution in [-0.4, -0.2) is 32.1 Å². The van der Waals surface area contributed by atoms with Crippen LogP contribution in [0.3, 0.4) is 0 Å². The van der Waals surface area contributed by atoms with E-state index < -0.39 is 33.3 Å². The predicted octanol–water partition coefficient (Wildman–Crippen LogP) is 6.56. The maximum absolute atomic E-state index is 6.57. The summed E-state index contributed by atoms with van der Waals surface area (Å²) in [6, 6.07) is 8.10. The summed E-state index contributed by atoms with van der Waals surface area (Å²) in [7, 11) is -4.81. The highest BCUT2D eigenvalue weighted by Gasteiger charge is 2.37. The summed E-state index contributed by atoms with van der Waals surface area (Å²) in [6.07, 6.45) is 0. The first-order valence-corrected chi connectivity index (χ1v) is 20.2. The number of ether oxygens (including phenoxy) is 1. The van der Waals surface area contributed by atoms with Crippen molar-refractivity contribution in [3.8, 4) is 5.75 Å². The summed E-state index contributed by atoms with van der Waals surface area (Å²) in [4.78, 5) is 0. The Bertz CT molecular complexity index is 517. The molecule has 0 fully saturated rings. The number of benzene rings is 1. The molecule has 1 aromatic rings. The summed E-state index contributed by atoms with van der Waals surface area (Å²) < 4.78 is 24.9. The Morgan fingerprint density at radius 3 is 1.48 bits per heavy atom. The van der Waals surface area contributed by atoms with E-state index >= 15 is 0 Å². The van der Waals surface area contributed by atoms with E-state index in [1.807, 2.05) is 12.1 Å². The van der Waals surface area contributed by atoms with E-state index in [0.29, 0.717) is 0 Å². The monoisotopic (exact) mass is 418 g/mol. The molecule has 144 valence electrons. The minimum Gasteiger partial charge on any atom is -0.497 e. The van der Waals surface area contributed by atoms with Crippen LogP contribution in [0, 0.1) is 0 Å². The average Bonchev–Trinajstić information content (AvgIpc) is 2.40. The quantitative estimate of drug-likeness (QED) is 0.336. The summed E-state index contributed by atoms with van der Waals surface area (Å²) in [6.45, 7) is 19.8. The smallest absolute Gasteiger partial charge is 0.191 e. The Morgan fingerprint density at radius 2 is 1.16 bits per heavy atom. The van der Waals surface area contributed by atoms with Crippen molar-refractivity contribution >= 4 is 33.3 Å². The van der Waals surface area contributed by atoms with Crippen molar-refractivity contribution in [2.45, 2.75) is 64.8 Å². The Morgan fingerprint density at radius 1 is 0.720 bits per heavy atom. The topological polar surface area (TPSA) is 36.9 Å². The first kappa shape index (κ1) is 23.0. The van der Waals surface area contributed by atoms with Crippen molar-refractivity contribution in [2.75, 3.05) is 7.11 Å². The molecule has 0 heterocycles. The van der Waals surface area contributed by atoms with Gasteiger partial charge in [0.15, 0.2) is 33.3 Å². The largest absolute Gasteiger partial charge is 0.497 e. The highest BCUT2D eigenvalue weighted by molar-refractivity contribution is 7.51. The lowest BCUT2D eigenvalue weighted by Gasteiger charge is -2.38. The molecule has 1 aromatic carbocycles. The van der Waals surface area contributed by atoms with Crippen molar-refractivity contribution < 1.29 is 17.6 Å². The van der Waals surface area contributed by atoms with Gasteiger partial charge in [-0.05, 0) is 76.6 Å².